The van der Waals surface area contributed by atoms with Gasteiger partial charge in [-0.15, -0.1) is 0 Å². The van der Waals surface area contributed by atoms with E-state index in [1.54, 1.807) is 0 Å². The van der Waals surface area contributed by atoms with Gasteiger partial charge >= 0.3 is 0 Å². The molecule has 0 aromatic heterocycles. The van der Waals surface area contributed by atoms with Gasteiger partial charge < -0.3 is 0 Å². The predicted molar refractivity (Wildman–Crippen MR) is 62.0 cm³/mol. The molecule has 0 nitrogen and oxygen atoms in total. The molecule has 80 valence electrons. The number of hydrogen-bond donors (Lipinski definition) is 0. The van der Waals surface area contributed by atoms with Crippen molar-refractivity contribution >= 4 is 0 Å². The van der Waals surface area contributed by atoms with Gasteiger partial charge in [-0.25, -0.2) is 0 Å². The lowest BCUT2D eigenvalue weighted by Gasteiger charge is -2.18. The SMILES string of the molecule is CCC(CC)CCCCC(C)(C)C. The highest BCUT2D eigenvalue weighted by molar-refractivity contribution is 4.62. The van der Waals surface area contributed by atoms with Gasteiger partial charge in [0.05, 0.1) is 0 Å². The lowest BCUT2D eigenvalue weighted by atomic mass is 9.88. The fraction of sp³-hybridized carbons (Fsp3) is 1.00. The van der Waals surface area contributed by atoms with Crippen LogP contribution in [0.2, 0.25) is 0 Å². The minimum Gasteiger partial charge on any atom is -0.0651 e. The van der Waals surface area contributed by atoms with E-state index in [0.717, 1.165) is 5.92 Å². The molecule has 0 amide bonds. The van der Waals surface area contributed by atoms with Crippen molar-refractivity contribution in [2.75, 3.05) is 0 Å². The lowest BCUT2D eigenvalue weighted by Crippen LogP contribution is -2.05. The first-order valence-electron chi connectivity index (χ1n) is 5.99. The molecule has 0 radical (unpaired) electrons. The molecule has 0 aromatic rings. The van der Waals surface area contributed by atoms with Gasteiger partial charge in [-0.3, -0.25) is 0 Å². The van der Waals surface area contributed by atoms with Crippen molar-refractivity contribution in [1.29, 1.82) is 0 Å². The molecule has 0 fully saturated rings. The fourth-order valence-electron chi connectivity index (χ4n) is 1.79. The second-order valence-corrected chi connectivity index (χ2v) is 5.49. The van der Waals surface area contributed by atoms with Crippen molar-refractivity contribution < 1.29 is 0 Å². The van der Waals surface area contributed by atoms with E-state index in [-0.39, 0.29) is 0 Å². The van der Waals surface area contributed by atoms with Crippen LogP contribution >= 0.6 is 0 Å². The zero-order chi connectivity index (χ0) is 10.3. The van der Waals surface area contributed by atoms with Crippen molar-refractivity contribution in [3.8, 4) is 0 Å². The maximum atomic E-state index is 2.34. The summed E-state index contributed by atoms with van der Waals surface area (Å²) in [6.45, 7) is 11.6. The number of rotatable bonds is 6. The second kappa shape index (κ2) is 6.45. The highest BCUT2D eigenvalue weighted by atomic mass is 14.2. The molecule has 0 rings (SSSR count). The molecule has 0 bridgehead atoms. The first-order chi connectivity index (χ1) is 5.99. The highest BCUT2D eigenvalue weighted by Crippen LogP contribution is 2.24. The first-order valence-corrected chi connectivity index (χ1v) is 5.99. The maximum Gasteiger partial charge on any atom is -0.0383 e. The molecular weight excluding hydrogens is 156 g/mol. The Hall–Kier alpha value is 0. The Kier molecular flexibility index (Phi) is 6.45. The average molecular weight is 184 g/mol. The molecule has 0 aliphatic heterocycles. The summed E-state index contributed by atoms with van der Waals surface area (Å²) in [6.07, 6.45) is 8.41. The summed E-state index contributed by atoms with van der Waals surface area (Å²) in [5.41, 5.74) is 0.536. The van der Waals surface area contributed by atoms with Crippen LogP contribution in [0.1, 0.15) is 73.1 Å². The van der Waals surface area contributed by atoms with E-state index in [2.05, 4.69) is 34.6 Å². The Morgan fingerprint density at radius 3 is 1.85 bits per heavy atom. The lowest BCUT2D eigenvalue weighted by molar-refractivity contribution is 0.342. The summed E-state index contributed by atoms with van der Waals surface area (Å²) in [6, 6.07) is 0. The van der Waals surface area contributed by atoms with Crippen LogP contribution in [-0.4, -0.2) is 0 Å². The van der Waals surface area contributed by atoms with E-state index in [4.69, 9.17) is 0 Å². The maximum absolute atomic E-state index is 2.34. The van der Waals surface area contributed by atoms with Gasteiger partial charge in [-0.05, 0) is 17.8 Å². The van der Waals surface area contributed by atoms with Crippen LogP contribution in [0.4, 0.5) is 0 Å². The van der Waals surface area contributed by atoms with Gasteiger partial charge in [0.2, 0.25) is 0 Å². The third-order valence-corrected chi connectivity index (χ3v) is 2.94. The smallest absolute Gasteiger partial charge is 0.0383 e. The van der Waals surface area contributed by atoms with E-state index < -0.39 is 0 Å². The van der Waals surface area contributed by atoms with E-state index in [1.807, 2.05) is 0 Å². The molecule has 0 unspecified atom stereocenters. The highest BCUT2D eigenvalue weighted by Gasteiger charge is 2.09. The van der Waals surface area contributed by atoms with Crippen molar-refractivity contribution in [3.05, 3.63) is 0 Å². The Balaban J connectivity index is 3.34. The Labute approximate surface area is 85.1 Å². The Morgan fingerprint density at radius 2 is 1.46 bits per heavy atom. The molecule has 0 saturated carbocycles. The second-order valence-electron chi connectivity index (χ2n) is 5.49. The number of hydrogen-bond acceptors (Lipinski definition) is 0. The Bertz CT molecular complexity index is 104. The van der Waals surface area contributed by atoms with Gasteiger partial charge in [0, 0.05) is 0 Å². The van der Waals surface area contributed by atoms with Crippen molar-refractivity contribution in [2.45, 2.75) is 73.1 Å². The molecule has 0 N–H and O–H groups in total. The van der Waals surface area contributed by atoms with E-state index in [9.17, 15) is 0 Å². The summed E-state index contributed by atoms with van der Waals surface area (Å²) >= 11 is 0. The summed E-state index contributed by atoms with van der Waals surface area (Å²) < 4.78 is 0. The van der Waals surface area contributed by atoms with Crippen LogP contribution in [0.25, 0.3) is 0 Å². The van der Waals surface area contributed by atoms with E-state index in [0.29, 0.717) is 5.41 Å². The van der Waals surface area contributed by atoms with Crippen molar-refractivity contribution in [1.82, 2.24) is 0 Å². The summed E-state index contributed by atoms with van der Waals surface area (Å²) in [5, 5.41) is 0. The van der Waals surface area contributed by atoms with Crippen LogP contribution in [0, 0.1) is 11.3 Å². The molecular formula is C13H28. The topological polar surface area (TPSA) is 0 Å². The summed E-state index contributed by atoms with van der Waals surface area (Å²) in [5.74, 6) is 0.986. The van der Waals surface area contributed by atoms with Gasteiger partial charge in [0.1, 0.15) is 0 Å². The first kappa shape index (κ1) is 13.0. The third kappa shape index (κ3) is 8.33. The molecule has 0 atom stereocenters. The minimum atomic E-state index is 0.536. The van der Waals surface area contributed by atoms with Gasteiger partial charge in [0.25, 0.3) is 0 Å². The molecule has 0 saturated heterocycles. The zero-order valence-electron chi connectivity index (χ0n) is 10.3. The largest absolute Gasteiger partial charge is 0.0651 e. The molecule has 0 aliphatic rings. The summed E-state index contributed by atoms with van der Waals surface area (Å²) in [7, 11) is 0. The monoisotopic (exact) mass is 184 g/mol. The van der Waals surface area contributed by atoms with E-state index in [1.165, 1.54) is 38.5 Å². The molecule has 0 heteroatoms. The van der Waals surface area contributed by atoms with E-state index >= 15 is 0 Å². The van der Waals surface area contributed by atoms with Crippen LogP contribution in [0.3, 0.4) is 0 Å². The zero-order valence-corrected chi connectivity index (χ0v) is 10.3. The normalized spacial score (nSPS) is 12.5. The number of unbranched alkanes of at least 4 members (excludes halogenated alkanes) is 1. The molecule has 13 heavy (non-hydrogen) atoms. The quantitative estimate of drug-likeness (QED) is 0.508. The van der Waals surface area contributed by atoms with Crippen molar-refractivity contribution in [3.63, 3.8) is 0 Å². The van der Waals surface area contributed by atoms with Crippen LogP contribution < -0.4 is 0 Å². The molecule has 0 aromatic carbocycles. The van der Waals surface area contributed by atoms with Crippen molar-refractivity contribution in [2.24, 2.45) is 11.3 Å². The average Bonchev–Trinajstić information content (AvgIpc) is 2.03. The molecule has 0 heterocycles. The Morgan fingerprint density at radius 1 is 0.923 bits per heavy atom. The summed E-state index contributed by atoms with van der Waals surface area (Å²) in [4.78, 5) is 0. The fourth-order valence-corrected chi connectivity index (χ4v) is 1.79. The van der Waals surface area contributed by atoms with Crippen LogP contribution in [0.5, 0.6) is 0 Å². The standard InChI is InChI=1S/C13H28/c1-6-12(7-2)10-8-9-11-13(3,4)5/h12H,6-11H2,1-5H3. The van der Waals surface area contributed by atoms with Gasteiger partial charge in [0.15, 0.2) is 0 Å². The molecule has 0 aliphatic carbocycles. The van der Waals surface area contributed by atoms with Gasteiger partial charge in [-0.1, -0.05) is 66.7 Å². The third-order valence-electron chi connectivity index (χ3n) is 2.94. The minimum absolute atomic E-state index is 0.536. The predicted octanol–water partition coefficient (Wildman–Crippen LogP) is 5.03. The molecule has 0 spiro atoms. The van der Waals surface area contributed by atoms with Gasteiger partial charge in [-0.2, -0.15) is 0 Å². The van der Waals surface area contributed by atoms with Crippen LogP contribution in [0.15, 0.2) is 0 Å². The van der Waals surface area contributed by atoms with Crippen LogP contribution in [-0.2, 0) is 0 Å².